The molecule has 0 bridgehead atoms. The third kappa shape index (κ3) is 9.79. The number of aromatic nitrogens is 1. The van der Waals surface area contributed by atoms with E-state index in [-0.39, 0.29) is 11.3 Å². The van der Waals surface area contributed by atoms with Crippen LogP contribution in [0, 0.1) is 5.41 Å². The van der Waals surface area contributed by atoms with Crippen molar-refractivity contribution in [2.45, 2.75) is 31.6 Å². The maximum atomic E-state index is 12.8. The number of rotatable bonds is 4. The first-order chi connectivity index (χ1) is 17.4. The van der Waals surface area contributed by atoms with E-state index in [0.717, 1.165) is 38.9 Å². The van der Waals surface area contributed by atoms with E-state index in [4.69, 9.17) is 19.8 Å². The topological polar surface area (TPSA) is 131 Å². The van der Waals surface area contributed by atoms with Crippen LogP contribution in [0.15, 0.2) is 24.5 Å². The van der Waals surface area contributed by atoms with E-state index >= 15 is 0 Å². The van der Waals surface area contributed by atoms with Crippen molar-refractivity contribution in [3.63, 3.8) is 0 Å². The molecule has 1 spiro atoms. The molecule has 0 radical (unpaired) electrons. The van der Waals surface area contributed by atoms with Gasteiger partial charge in [0, 0.05) is 50.7 Å². The third-order valence-corrected chi connectivity index (χ3v) is 5.84. The number of carbonyl (C=O) groups is 4. The van der Waals surface area contributed by atoms with Crippen molar-refractivity contribution < 1.29 is 55.7 Å². The van der Waals surface area contributed by atoms with Crippen LogP contribution in [-0.2, 0) is 14.4 Å². The predicted octanol–water partition coefficient (Wildman–Crippen LogP) is 2.36. The van der Waals surface area contributed by atoms with E-state index in [1.807, 2.05) is 23.9 Å². The second kappa shape index (κ2) is 13.4. The zero-order valence-corrected chi connectivity index (χ0v) is 20.6. The summed E-state index contributed by atoms with van der Waals surface area (Å²) in [5.74, 6) is -5.18. The first kappa shape index (κ1) is 32.6. The molecule has 3 heterocycles. The number of amides is 2. The first-order valence-corrected chi connectivity index (χ1v) is 11.1. The fourth-order valence-corrected chi connectivity index (χ4v) is 3.71. The molecule has 214 valence electrons. The Balaban J connectivity index is 0.000000426. The van der Waals surface area contributed by atoms with Gasteiger partial charge in [-0.2, -0.15) is 26.3 Å². The van der Waals surface area contributed by atoms with Gasteiger partial charge in [0.05, 0.1) is 5.41 Å². The van der Waals surface area contributed by atoms with Crippen LogP contribution in [0.2, 0.25) is 0 Å². The summed E-state index contributed by atoms with van der Waals surface area (Å²) in [5, 5.41) is 14.2. The molecule has 0 atom stereocenters. The third-order valence-electron chi connectivity index (χ3n) is 5.84. The van der Waals surface area contributed by atoms with Crippen molar-refractivity contribution in [1.29, 1.82) is 0 Å². The number of likely N-dealkylation sites (tertiary alicyclic amines) is 2. The van der Waals surface area contributed by atoms with Gasteiger partial charge in [-0.15, -0.1) is 0 Å². The Labute approximate surface area is 213 Å². The number of aliphatic carboxylic acids is 2. The van der Waals surface area contributed by atoms with Crippen LogP contribution >= 0.6 is 0 Å². The van der Waals surface area contributed by atoms with Crippen molar-refractivity contribution in [2.24, 2.45) is 5.41 Å². The van der Waals surface area contributed by atoms with E-state index < -0.39 is 24.3 Å². The largest absolute Gasteiger partial charge is 0.490 e. The second-order valence-electron chi connectivity index (χ2n) is 8.76. The number of nitrogens with zero attached hydrogens (tertiary/aromatic N) is 4. The van der Waals surface area contributed by atoms with E-state index in [9.17, 15) is 35.9 Å². The van der Waals surface area contributed by atoms with Gasteiger partial charge in [0.1, 0.15) is 0 Å². The number of hydrogen-bond acceptors (Lipinski definition) is 6. The summed E-state index contributed by atoms with van der Waals surface area (Å²) in [6, 6.07) is 3.49. The molecule has 2 saturated heterocycles. The highest BCUT2D eigenvalue weighted by Gasteiger charge is 2.48. The monoisotopic (exact) mass is 558 g/mol. The first-order valence-electron chi connectivity index (χ1n) is 11.1. The van der Waals surface area contributed by atoms with Crippen molar-refractivity contribution >= 4 is 23.8 Å². The summed E-state index contributed by atoms with van der Waals surface area (Å²) >= 11 is 0. The lowest BCUT2D eigenvalue weighted by atomic mass is 9.77. The smallest absolute Gasteiger partial charge is 0.475 e. The SMILES string of the molecule is CN(C)CCN1CCC2(CCN(C(=O)c3ccncc3)CC2)C1=O.O=C(O)C(F)(F)F.O=C(O)C(F)(F)F. The van der Waals surface area contributed by atoms with Crippen molar-refractivity contribution in [2.75, 3.05) is 46.8 Å². The Morgan fingerprint density at radius 3 is 1.74 bits per heavy atom. The Morgan fingerprint density at radius 2 is 1.34 bits per heavy atom. The maximum Gasteiger partial charge on any atom is 0.490 e. The van der Waals surface area contributed by atoms with Crippen molar-refractivity contribution in [3.05, 3.63) is 30.1 Å². The fourth-order valence-electron chi connectivity index (χ4n) is 3.71. The molecule has 2 fully saturated rings. The fraction of sp³-hybridized carbons (Fsp3) is 0.591. The molecule has 0 unspecified atom stereocenters. The zero-order chi connectivity index (χ0) is 29.3. The van der Waals surface area contributed by atoms with Crippen LogP contribution in [-0.4, -0.2) is 113 Å². The van der Waals surface area contributed by atoms with Gasteiger partial charge in [-0.25, -0.2) is 9.59 Å². The Bertz CT molecular complexity index is 939. The molecule has 2 aliphatic rings. The highest BCUT2D eigenvalue weighted by molar-refractivity contribution is 5.94. The normalized spacial score (nSPS) is 16.9. The molecule has 16 heteroatoms. The average molecular weight is 558 g/mol. The lowest BCUT2D eigenvalue weighted by Gasteiger charge is -2.38. The van der Waals surface area contributed by atoms with Gasteiger partial charge in [0.2, 0.25) is 5.91 Å². The number of carboxylic acid groups (broad SMARTS) is 2. The van der Waals surface area contributed by atoms with Crippen LogP contribution in [0.5, 0.6) is 0 Å². The minimum Gasteiger partial charge on any atom is -0.475 e. The summed E-state index contributed by atoms with van der Waals surface area (Å²) in [5.41, 5.74) is 0.438. The maximum absolute atomic E-state index is 12.8. The predicted molar refractivity (Wildman–Crippen MR) is 119 cm³/mol. The number of likely N-dealkylation sites (N-methyl/N-ethyl adjacent to an activating group) is 1. The number of hydrogen-bond donors (Lipinski definition) is 2. The highest BCUT2D eigenvalue weighted by Crippen LogP contribution is 2.41. The highest BCUT2D eigenvalue weighted by atomic mass is 19.4. The molecule has 0 saturated carbocycles. The molecular weight excluding hydrogens is 530 g/mol. The Kier molecular flexibility index (Phi) is 11.5. The van der Waals surface area contributed by atoms with Gasteiger partial charge in [-0.05, 0) is 45.5 Å². The lowest BCUT2D eigenvalue weighted by Crippen LogP contribution is -2.47. The standard InChI is InChI=1S/C18H26N4O2.2C2HF3O2/c1-20(2)13-14-22-12-7-18(17(22)24)5-10-21(11-6-18)16(23)15-3-8-19-9-4-15;2*3-2(4,5)1(6)7/h3-4,8-9H,5-7,10-14H2,1-2H3;2*(H,6,7). The molecule has 1 aromatic rings. The van der Waals surface area contributed by atoms with Gasteiger partial charge in [0.15, 0.2) is 0 Å². The molecule has 2 aliphatic heterocycles. The molecule has 2 amide bonds. The average Bonchev–Trinajstić information content (AvgIpc) is 3.12. The van der Waals surface area contributed by atoms with Crippen LogP contribution in [0.4, 0.5) is 26.3 Å². The van der Waals surface area contributed by atoms with Crippen LogP contribution in [0.1, 0.15) is 29.6 Å². The molecular formula is C22H28F6N4O6. The molecule has 1 aromatic heterocycles. The van der Waals surface area contributed by atoms with Gasteiger partial charge < -0.3 is 24.9 Å². The van der Waals surface area contributed by atoms with Gasteiger partial charge in [0.25, 0.3) is 5.91 Å². The number of pyridine rings is 1. The molecule has 0 aromatic carbocycles. The summed E-state index contributed by atoms with van der Waals surface area (Å²) in [7, 11) is 4.05. The zero-order valence-electron chi connectivity index (χ0n) is 20.6. The Hall–Kier alpha value is -3.43. The Morgan fingerprint density at radius 1 is 0.921 bits per heavy atom. The number of halogens is 6. The lowest BCUT2D eigenvalue weighted by molar-refractivity contribution is -0.193. The number of piperidine rings is 1. The quantitative estimate of drug-likeness (QED) is 0.539. The summed E-state index contributed by atoms with van der Waals surface area (Å²) in [4.78, 5) is 53.1. The molecule has 3 rings (SSSR count). The summed E-state index contributed by atoms with van der Waals surface area (Å²) < 4.78 is 63.5. The summed E-state index contributed by atoms with van der Waals surface area (Å²) in [6.45, 7) is 3.87. The minimum absolute atomic E-state index is 0.0437. The van der Waals surface area contributed by atoms with E-state index in [0.29, 0.717) is 24.6 Å². The number of carbonyl (C=O) groups excluding carboxylic acids is 2. The van der Waals surface area contributed by atoms with Crippen LogP contribution in [0.25, 0.3) is 0 Å². The second-order valence-corrected chi connectivity index (χ2v) is 8.76. The van der Waals surface area contributed by atoms with Crippen LogP contribution < -0.4 is 0 Å². The van der Waals surface area contributed by atoms with Crippen LogP contribution in [0.3, 0.4) is 0 Å². The molecule has 0 aliphatic carbocycles. The minimum atomic E-state index is -5.08. The van der Waals surface area contributed by atoms with E-state index in [1.54, 1.807) is 24.5 Å². The number of carboxylic acids is 2. The van der Waals surface area contributed by atoms with Gasteiger partial charge >= 0.3 is 24.3 Å². The molecule has 10 nitrogen and oxygen atoms in total. The number of alkyl halides is 6. The van der Waals surface area contributed by atoms with E-state index in [2.05, 4.69) is 9.88 Å². The van der Waals surface area contributed by atoms with Gasteiger partial charge in [-0.1, -0.05) is 0 Å². The molecule has 38 heavy (non-hydrogen) atoms. The van der Waals surface area contributed by atoms with E-state index in [1.165, 1.54) is 0 Å². The van der Waals surface area contributed by atoms with Crippen molar-refractivity contribution in [3.8, 4) is 0 Å². The van der Waals surface area contributed by atoms with Gasteiger partial charge in [-0.3, -0.25) is 14.6 Å². The van der Waals surface area contributed by atoms with Crippen molar-refractivity contribution in [1.82, 2.24) is 19.7 Å². The molecule has 2 N–H and O–H groups in total. The summed E-state index contributed by atoms with van der Waals surface area (Å²) in [6.07, 6.45) is -4.40.